The number of benzene rings is 2. The quantitative estimate of drug-likeness (QED) is 0.937. The van der Waals surface area contributed by atoms with Crippen LogP contribution in [0.3, 0.4) is 0 Å². The summed E-state index contributed by atoms with van der Waals surface area (Å²) < 4.78 is 16.3. The fourth-order valence-electron chi connectivity index (χ4n) is 2.82. The van der Waals surface area contributed by atoms with E-state index in [4.69, 9.17) is 14.2 Å². The molecule has 0 spiro atoms. The van der Waals surface area contributed by atoms with Gasteiger partial charge in [-0.25, -0.2) is 0 Å². The third kappa shape index (κ3) is 3.30. The molecule has 0 bridgehead atoms. The molecule has 2 aromatic carbocycles. The van der Waals surface area contributed by atoms with Crippen molar-refractivity contribution in [2.45, 2.75) is 13.3 Å². The minimum absolute atomic E-state index is 0.0765. The van der Waals surface area contributed by atoms with Gasteiger partial charge in [0.1, 0.15) is 23.9 Å². The highest BCUT2D eigenvalue weighted by molar-refractivity contribution is 5.94. The van der Waals surface area contributed by atoms with E-state index in [-0.39, 0.29) is 11.8 Å². The summed E-state index contributed by atoms with van der Waals surface area (Å²) in [6, 6.07) is 11.4. The van der Waals surface area contributed by atoms with Crippen molar-refractivity contribution in [3.8, 4) is 17.2 Å². The number of amides is 1. The molecule has 3 rings (SSSR count). The zero-order valence-corrected chi connectivity index (χ0v) is 14.1. The fourth-order valence-corrected chi connectivity index (χ4v) is 2.82. The Balaban J connectivity index is 1.76. The van der Waals surface area contributed by atoms with E-state index < -0.39 is 0 Å². The summed E-state index contributed by atoms with van der Waals surface area (Å²) in [6.45, 7) is 2.33. The van der Waals surface area contributed by atoms with E-state index >= 15 is 0 Å². The van der Waals surface area contributed by atoms with Crippen LogP contribution >= 0.6 is 0 Å². The van der Waals surface area contributed by atoms with Crippen molar-refractivity contribution in [2.75, 3.05) is 26.1 Å². The van der Waals surface area contributed by atoms with Crippen molar-refractivity contribution in [1.82, 2.24) is 0 Å². The zero-order chi connectivity index (χ0) is 17.1. The third-order valence-corrected chi connectivity index (χ3v) is 4.16. The van der Waals surface area contributed by atoms with Crippen LogP contribution in [-0.2, 0) is 11.2 Å². The maximum absolute atomic E-state index is 12.6. The fraction of sp³-hybridized carbons (Fsp3) is 0.316. The summed E-state index contributed by atoms with van der Waals surface area (Å²) in [5.41, 5.74) is 2.72. The number of hydrogen-bond donors (Lipinski definition) is 1. The number of rotatable bonds is 4. The van der Waals surface area contributed by atoms with Gasteiger partial charge in [-0.05, 0) is 54.8 Å². The molecule has 0 radical (unpaired) electrons. The molecule has 2 aromatic rings. The second-order valence-electron chi connectivity index (χ2n) is 5.88. The second kappa shape index (κ2) is 6.83. The van der Waals surface area contributed by atoms with Crippen LogP contribution in [0.25, 0.3) is 0 Å². The smallest absolute Gasteiger partial charge is 0.231 e. The van der Waals surface area contributed by atoms with Crippen LogP contribution in [0, 0.1) is 12.8 Å². The summed E-state index contributed by atoms with van der Waals surface area (Å²) in [7, 11) is 3.21. The minimum Gasteiger partial charge on any atom is -0.497 e. The molecular formula is C19H21NO4. The summed E-state index contributed by atoms with van der Waals surface area (Å²) >= 11 is 0. The van der Waals surface area contributed by atoms with Gasteiger partial charge in [0.2, 0.25) is 5.91 Å². The Morgan fingerprint density at radius 2 is 2.00 bits per heavy atom. The Hall–Kier alpha value is -2.69. The van der Waals surface area contributed by atoms with Gasteiger partial charge >= 0.3 is 0 Å². The Bertz CT molecular complexity index is 757. The highest BCUT2D eigenvalue weighted by Gasteiger charge is 2.27. The molecule has 0 aliphatic carbocycles. The highest BCUT2D eigenvalue weighted by Crippen LogP contribution is 2.32. The van der Waals surface area contributed by atoms with Crippen LogP contribution in [0.5, 0.6) is 17.2 Å². The van der Waals surface area contributed by atoms with Crippen LogP contribution in [0.15, 0.2) is 36.4 Å². The monoisotopic (exact) mass is 327 g/mol. The van der Waals surface area contributed by atoms with Gasteiger partial charge in [-0.1, -0.05) is 6.07 Å². The predicted molar refractivity (Wildman–Crippen MR) is 92.0 cm³/mol. The number of aryl methyl sites for hydroxylation is 1. The molecule has 1 unspecified atom stereocenters. The summed E-state index contributed by atoms with van der Waals surface area (Å²) in [5, 5.41) is 2.96. The second-order valence-corrected chi connectivity index (χ2v) is 5.88. The lowest BCUT2D eigenvalue weighted by Crippen LogP contribution is -2.32. The molecule has 1 aliphatic heterocycles. The first-order chi connectivity index (χ1) is 11.6. The Kier molecular flexibility index (Phi) is 4.60. The van der Waals surface area contributed by atoms with Crippen molar-refractivity contribution in [1.29, 1.82) is 0 Å². The molecule has 0 saturated carbocycles. The van der Waals surface area contributed by atoms with Gasteiger partial charge < -0.3 is 19.5 Å². The van der Waals surface area contributed by atoms with Crippen molar-refractivity contribution in [3.05, 3.63) is 47.5 Å². The summed E-state index contributed by atoms with van der Waals surface area (Å²) in [6.07, 6.45) is 0.618. The molecule has 1 heterocycles. The van der Waals surface area contributed by atoms with Crippen molar-refractivity contribution >= 4 is 11.6 Å². The van der Waals surface area contributed by atoms with Crippen LogP contribution < -0.4 is 19.5 Å². The first-order valence-electron chi connectivity index (χ1n) is 7.86. The van der Waals surface area contributed by atoms with Gasteiger partial charge in [0.05, 0.1) is 25.8 Å². The maximum atomic E-state index is 12.6. The SMILES string of the molecule is COc1ccc2c(c1)CC(C(=O)Nc1cc(C)ccc1OC)CO2. The van der Waals surface area contributed by atoms with E-state index in [0.717, 1.165) is 22.6 Å². The zero-order valence-electron chi connectivity index (χ0n) is 14.1. The van der Waals surface area contributed by atoms with Gasteiger partial charge in [-0.3, -0.25) is 4.79 Å². The topological polar surface area (TPSA) is 56.8 Å². The Labute approximate surface area is 141 Å². The third-order valence-electron chi connectivity index (χ3n) is 4.16. The molecule has 5 heteroatoms. The standard InChI is InChI=1S/C19H21NO4/c1-12-4-6-18(23-3)16(8-12)20-19(21)14-9-13-10-15(22-2)5-7-17(13)24-11-14/h4-8,10,14H,9,11H2,1-3H3,(H,20,21). The Morgan fingerprint density at radius 3 is 2.75 bits per heavy atom. The van der Waals surface area contributed by atoms with Gasteiger partial charge in [0.15, 0.2) is 0 Å². The van der Waals surface area contributed by atoms with Crippen LogP contribution in [0.4, 0.5) is 5.69 Å². The lowest BCUT2D eigenvalue weighted by atomic mass is 9.95. The normalized spacial score (nSPS) is 15.9. The molecule has 1 aliphatic rings. The van der Waals surface area contributed by atoms with E-state index in [1.807, 2.05) is 43.3 Å². The molecule has 24 heavy (non-hydrogen) atoms. The predicted octanol–water partition coefficient (Wildman–Crippen LogP) is 3.20. The largest absolute Gasteiger partial charge is 0.497 e. The van der Waals surface area contributed by atoms with E-state index in [1.165, 1.54) is 0 Å². The van der Waals surface area contributed by atoms with Crippen molar-refractivity contribution in [3.63, 3.8) is 0 Å². The van der Waals surface area contributed by atoms with Gasteiger partial charge in [-0.15, -0.1) is 0 Å². The number of carbonyl (C=O) groups is 1. The molecule has 1 N–H and O–H groups in total. The van der Waals surface area contributed by atoms with E-state index in [2.05, 4.69) is 5.32 Å². The lowest BCUT2D eigenvalue weighted by Gasteiger charge is -2.25. The van der Waals surface area contributed by atoms with Gasteiger partial charge in [0.25, 0.3) is 0 Å². The number of fused-ring (bicyclic) bond motifs is 1. The summed E-state index contributed by atoms with van der Waals surface area (Å²) in [5.74, 6) is 1.89. The van der Waals surface area contributed by atoms with Crippen molar-refractivity contribution in [2.24, 2.45) is 5.92 Å². The average molecular weight is 327 g/mol. The number of methoxy groups -OCH3 is 2. The van der Waals surface area contributed by atoms with E-state index in [9.17, 15) is 4.79 Å². The molecule has 126 valence electrons. The number of carbonyl (C=O) groups excluding carboxylic acids is 1. The molecule has 0 fully saturated rings. The lowest BCUT2D eigenvalue weighted by molar-refractivity contribution is -0.121. The van der Waals surface area contributed by atoms with Gasteiger partial charge in [0, 0.05) is 0 Å². The number of anilines is 1. The minimum atomic E-state index is -0.255. The van der Waals surface area contributed by atoms with Crippen LogP contribution in [-0.4, -0.2) is 26.7 Å². The number of nitrogens with one attached hydrogen (secondary N) is 1. The molecule has 0 saturated heterocycles. The number of hydrogen-bond acceptors (Lipinski definition) is 4. The van der Waals surface area contributed by atoms with Crippen LogP contribution in [0.2, 0.25) is 0 Å². The van der Waals surface area contributed by atoms with E-state index in [1.54, 1.807) is 14.2 Å². The first-order valence-corrected chi connectivity index (χ1v) is 7.86. The Morgan fingerprint density at radius 1 is 1.17 bits per heavy atom. The van der Waals surface area contributed by atoms with E-state index in [0.29, 0.717) is 24.5 Å². The molecule has 0 aromatic heterocycles. The summed E-state index contributed by atoms with van der Waals surface area (Å²) in [4.78, 5) is 12.6. The first kappa shape index (κ1) is 16.2. The average Bonchev–Trinajstić information content (AvgIpc) is 2.61. The number of ether oxygens (including phenoxy) is 3. The highest BCUT2D eigenvalue weighted by atomic mass is 16.5. The molecule has 1 atom stereocenters. The molecule has 1 amide bonds. The van der Waals surface area contributed by atoms with Crippen LogP contribution in [0.1, 0.15) is 11.1 Å². The molecular weight excluding hydrogens is 306 g/mol. The van der Waals surface area contributed by atoms with Gasteiger partial charge in [-0.2, -0.15) is 0 Å². The maximum Gasteiger partial charge on any atom is 0.231 e. The molecule has 5 nitrogen and oxygen atoms in total. The van der Waals surface area contributed by atoms with Crippen molar-refractivity contribution < 1.29 is 19.0 Å².